The summed E-state index contributed by atoms with van der Waals surface area (Å²) in [5.74, 6) is 1.30. The van der Waals surface area contributed by atoms with Gasteiger partial charge in [0.25, 0.3) is 0 Å². The molecule has 0 atom stereocenters. The normalized spacial score (nSPS) is 12.6. The number of hydrogen-bond acceptors (Lipinski definition) is 3. The number of amides is 1. The number of H-pyrrole nitrogens is 1. The number of aromatic nitrogens is 1. The standard InChI is InChI=1S/C18H16N2O3/c1-11-3-2-4-14-18(11)12(9-19-14)7-17(21)20-13-5-6-15-16(8-13)23-10-22-15/h2-6,8-9,19H,7,10H2,1H3,(H,20,21). The Balaban J connectivity index is 1.53. The van der Waals surface area contributed by atoms with E-state index < -0.39 is 0 Å². The number of benzene rings is 2. The first-order chi connectivity index (χ1) is 11.2. The molecular formula is C18H16N2O3. The Morgan fingerprint density at radius 1 is 1.22 bits per heavy atom. The predicted molar refractivity (Wildman–Crippen MR) is 87.9 cm³/mol. The van der Waals surface area contributed by atoms with Crippen molar-refractivity contribution in [2.24, 2.45) is 0 Å². The van der Waals surface area contributed by atoms with Crippen LogP contribution in [0.15, 0.2) is 42.6 Å². The van der Waals surface area contributed by atoms with E-state index in [2.05, 4.69) is 23.3 Å². The maximum atomic E-state index is 12.3. The van der Waals surface area contributed by atoms with Gasteiger partial charge in [0.15, 0.2) is 11.5 Å². The van der Waals surface area contributed by atoms with E-state index in [-0.39, 0.29) is 12.7 Å². The summed E-state index contributed by atoms with van der Waals surface area (Å²) in [5.41, 5.74) is 3.91. The zero-order valence-electron chi connectivity index (χ0n) is 12.7. The monoisotopic (exact) mass is 308 g/mol. The molecule has 23 heavy (non-hydrogen) atoms. The Hall–Kier alpha value is -2.95. The summed E-state index contributed by atoms with van der Waals surface area (Å²) in [7, 11) is 0. The first-order valence-electron chi connectivity index (χ1n) is 7.46. The molecule has 2 aromatic carbocycles. The molecule has 0 aliphatic carbocycles. The third-order valence-corrected chi connectivity index (χ3v) is 4.00. The highest BCUT2D eigenvalue weighted by Gasteiger charge is 2.15. The first-order valence-corrected chi connectivity index (χ1v) is 7.46. The lowest BCUT2D eigenvalue weighted by Crippen LogP contribution is -2.14. The topological polar surface area (TPSA) is 63.4 Å². The van der Waals surface area contributed by atoms with Gasteiger partial charge in [0.05, 0.1) is 6.42 Å². The van der Waals surface area contributed by atoms with E-state index in [1.54, 1.807) is 12.1 Å². The molecule has 0 radical (unpaired) electrons. The van der Waals surface area contributed by atoms with Crippen LogP contribution < -0.4 is 14.8 Å². The van der Waals surface area contributed by atoms with Crippen molar-refractivity contribution < 1.29 is 14.3 Å². The second-order valence-electron chi connectivity index (χ2n) is 5.60. The number of carbonyl (C=O) groups excluding carboxylic acids is 1. The Morgan fingerprint density at radius 2 is 2.09 bits per heavy atom. The molecule has 4 rings (SSSR count). The molecule has 0 saturated heterocycles. The van der Waals surface area contributed by atoms with Gasteiger partial charge in [0.1, 0.15) is 0 Å². The summed E-state index contributed by atoms with van der Waals surface area (Å²) in [4.78, 5) is 15.6. The van der Waals surface area contributed by atoms with Crippen LogP contribution in [0.2, 0.25) is 0 Å². The van der Waals surface area contributed by atoms with Crippen LogP contribution in [0, 0.1) is 6.92 Å². The molecular weight excluding hydrogens is 292 g/mol. The molecule has 5 heteroatoms. The predicted octanol–water partition coefficient (Wildman–Crippen LogP) is 3.39. The summed E-state index contributed by atoms with van der Waals surface area (Å²) in [6, 6.07) is 11.5. The van der Waals surface area contributed by atoms with Gasteiger partial charge in [-0.1, -0.05) is 12.1 Å². The van der Waals surface area contributed by atoms with Gasteiger partial charge in [-0.25, -0.2) is 0 Å². The summed E-state index contributed by atoms with van der Waals surface area (Å²) in [6.07, 6.45) is 2.22. The van der Waals surface area contributed by atoms with E-state index in [4.69, 9.17) is 9.47 Å². The fraction of sp³-hybridized carbons (Fsp3) is 0.167. The summed E-state index contributed by atoms with van der Waals surface area (Å²) >= 11 is 0. The van der Waals surface area contributed by atoms with Crippen molar-refractivity contribution in [1.29, 1.82) is 0 Å². The average Bonchev–Trinajstić information content (AvgIpc) is 3.14. The van der Waals surface area contributed by atoms with E-state index in [1.807, 2.05) is 24.4 Å². The molecule has 0 fully saturated rings. The minimum atomic E-state index is -0.0620. The molecule has 0 saturated carbocycles. The average molecular weight is 308 g/mol. The number of rotatable bonds is 3. The van der Waals surface area contributed by atoms with Crippen molar-refractivity contribution >= 4 is 22.5 Å². The van der Waals surface area contributed by atoms with Gasteiger partial charge in [-0.05, 0) is 36.2 Å². The number of aromatic amines is 1. The summed E-state index contributed by atoms with van der Waals surface area (Å²) in [6.45, 7) is 2.27. The Labute approximate surface area is 133 Å². The van der Waals surface area contributed by atoms with Crippen molar-refractivity contribution in [3.05, 3.63) is 53.7 Å². The smallest absolute Gasteiger partial charge is 0.231 e. The molecule has 2 N–H and O–H groups in total. The first kappa shape index (κ1) is 13.7. The largest absolute Gasteiger partial charge is 0.454 e. The number of fused-ring (bicyclic) bond motifs is 2. The Kier molecular flexibility index (Phi) is 3.19. The van der Waals surface area contributed by atoms with E-state index in [0.29, 0.717) is 23.6 Å². The molecule has 0 bridgehead atoms. The lowest BCUT2D eigenvalue weighted by Gasteiger charge is -2.06. The highest BCUT2D eigenvalue weighted by molar-refractivity contribution is 5.96. The van der Waals surface area contributed by atoms with Crippen LogP contribution in [0.25, 0.3) is 10.9 Å². The van der Waals surface area contributed by atoms with E-state index in [0.717, 1.165) is 22.0 Å². The van der Waals surface area contributed by atoms with Crippen LogP contribution in [0.5, 0.6) is 11.5 Å². The summed E-state index contributed by atoms with van der Waals surface area (Å²) < 4.78 is 10.6. The zero-order valence-corrected chi connectivity index (χ0v) is 12.7. The van der Waals surface area contributed by atoms with Crippen molar-refractivity contribution in [2.45, 2.75) is 13.3 Å². The van der Waals surface area contributed by atoms with Crippen molar-refractivity contribution in [3.8, 4) is 11.5 Å². The minimum absolute atomic E-state index is 0.0620. The fourth-order valence-electron chi connectivity index (χ4n) is 2.94. The fourth-order valence-corrected chi connectivity index (χ4v) is 2.94. The van der Waals surface area contributed by atoms with Gasteiger partial charge < -0.3 is 19.8 Å². The molecule has 0 spiro atoms. The summed E-state index contributed by atoms with van der Waals surface area (Å²) in [5, 5.41) is 4.02. The Morgan fingerprint density at radius 3 is 3.00 bits per heavy atom. The molecule has 1 amide bonds. The van der Waals surface area contributed by atoms with Crippen LogP contribution in [-0.2, 0) is 11.2 Å². The quantitative estimate of drug-likeness (QED) is 0.779. The van der Waals surface area contributed by atoms with Crippen LogP contribution >= 0.6 is 0 Å². The van der Waals surface area contributed by atoms with Crippen LogP contribution in [0.3, 0.4) is 0 Å². The maximum absolute atomic E-state index is 12.3. The van der Waals surface area contributed by atoms with Crippen LogP contribution in [0.1, 0.15) is 11.1 Å². The highest BCUT2D eigenvalue weighted by atomic mass is 16.7. The van der Waals surface area contributed by atoms with Gasteiger partial charge in [0.2, 0.25) is 12.7 Å². The van der Waals surface area contributed by atoms with Crippen molar-refractivity contribution in [3.63, 3.8) is 0 Å². The lowest BCUT2D eigenvalue weighted by atomic mass is 10.1. The SMILES string of the molecule is Cc1cccc2[nH]cc(CC(=O)Nc3ccc4c(c3)OCO4)c12. The number of aryl methyl sites for hydroxylation is 1. The number of anilines is 1. The number of carbonyl (C=O) groups is 1. The molecule has 1 aliphatic rings. The van der Waals surface area contributed by atoms with Crippen LogP contribution in [0.4, 0.5) is 5.69 Å². The third kappa shape index (κ3) is 2.50. The second kappa shape index (κ2) is 5.35. The van der Waals surface area contributed by atoms with E-state index >= 15 is 0 Å². The molecule has 1 aromatic heterocycles. The number of nitrogens with one attached hydrogen (secondary N) is 2. The van der Waals surface area contributed by atoms with Crippen LogP contribution in [-0.4, -0.2) is 17.7 Å². The van der Waals surface area contributed by atoms with Gasteiger partial charge in [-0.2, -0.15) is 0 Å². The van der Waals surface area contributed by atoms with E-state index in [1.165, 1.54) is 0 Å². The molecule has 116 valence electrons. The molecule has 3 aromatic rings. The van der Waals surface area contributed by atoms with Gasteiger partial charge >= 0.3 is 0 Å². The van der Waals surface area contributed by atoms with Crippen molar-refractivity contribution in [2.75, 3.05) is 12.1 Å². The molecule has 5 nitrogen and oxygen atoms in total. The highest BCUT2D eigenvalue weighted by Crippen LogP contribution is 2.34. The lowest BCUT2D eigenvalue weighted by molar-refractivity contribution is -0.115. The molecule has 2 heterocycles. The molecule has 0 unspecified atom stereocenters. The van der Waals surface area contributed by atoms with Gasteiger partial charge in [0, 0.05) is 28.9 Å². The van der Waals surface area contributed by atoms with Crippen molar-refractivity contribution in [1.82, 2.24) is 4.98 Å². The van der Waals surface area contributed by atoms with Gasteiger partial charge in [-0.3, -0.25) is 4.79 Å². The zero-order chi connectivity index (χ0) is 15.8. The minimum Gasteiger partial charge on any atom is -0.454 e. The van der Waals surface area contributed by atoms with Gasteiger partial charge in [-0.15, -0.1) is 0 Å². The van der Waals surface area contributed by atoms with E-state index in [9.17, 15) is 4.79 Å². The third-order valence-electron chi connectivity index (χ3n) is 4.00. The number of hydrogen-bond donors (Lipinski definition) is 2. The Bertz CT molecular complexity index is 898. The molecule has 1 aliphatic heterocycles. The second-order valence-corrected chi connectivity index (χ2v) is 5.60. The number of ether oxygens (including phenoxy) is 2. The maximum Gasteiger partial charge on any atom is 0.231 e.